The number of nitrogens with zero attached hydrogens (tertiary/aromatic N) is 1. The van der Waals surface area contributed by atoms with E-state index in [0.717, 1.165) is 0 Å². The van der Waals surface area contributed by atoms with Gasteiger partial charge in [-0.3, -0.25) is 19.7 Å². The van der Waals surface area contributed by atoms with Crippen molar-refractivity contribution in [1.82, 2.24) is 5.32 Å². The molecule has 1 rings (SSSR count). The molecule has 1 atom stereocenters. The van der Waals surface area contributed by atoms with Crippen molar-refractivity contribution in [2.45, 2.75) is 45.6 Å². The van der Waals surface area contributed by atoms with Crippen LogP contribution in [0.2, 0.25) is 0 Å². The van der Waals surface area contributed by atoms with E-state index < -0.39 is 16.9 Å². The number of hydrogen-bond acceptors (Lipinski definition) is 7. The van der Waals surface area contributed by atoms with Crippen LogP contribution in [-0.2, 0) is 14.3 Å². The summed E-state index contributed by atoms with van der Waals surface area (Å²) in [5.41, 5.74) is 5.22. The van der Waals surface area contributed by atoms with E-state index in [-0.39, 0.29) is 30.4 Å². The van der Waals surface area contributed by atoms with Crippen LogP contribution in [-0.4, -0.2) is 37.0 Å². The lowest BCUT2D eigenvalue weighted by Crippen LogP contribution is -2.20. The summed E-state index contributed by atoms with van der Waals surface area (Å²) in [4.78, 5) is 32.8. The third kappa shape index (κ3) is 8.38. The van der Waals surface area contributed by atoms with E-state index >= 15 is 0 Å². The summed E-state index contributed by atoms with van der Waals surface area (Å²) < 4.78 is 16.6. The van der Waals surface area contributed by atoms with E-state index in [1.165, 1.54) is 26.2 Å². The zero-order valence-electron chi connectivity index (χ0n) is 17.6. The first-order valence-corrected chi connectivity index (χ1v) is 9.52. The molecule has 0 aliphatic carbocycles. The highest BCUT2D eigenvalue weighted by Crippen LogP contribution is 2.39. The monoisotopic (exact) mass is 423 g/mol. The van der Waals surface area contributed by atoms with Crippen molar-refractivity contribution >= 4 is 17.5 Å². The summed E-state index contributed by atoms with van der Waals surface area (Å²) in [7, 11) is 1.42. The van der Waals surface area contributed by atoms with Gasteiger partial charge in [-0.15, -0.1) is 0 Å². The first kappa shape index (κ1) is 24.7. The van der Waals surface area contributed by atoms with Crippen molar-refractivity contribution in [3.05, 3.63) is 40.1 Å². The number of carbonyl (C=O) groups excluding carboxylic acids is 2. The third-order valence-electron chi connectivity index (χ3n) is 4.12. The Morgan fingerprint density at radius 2 is 1.97 bits per heavy atom. The fourth-order valence-electron chi connectivity index (χ4n) is 2.67. The minimum Gasteiger partial charge on any atom is -0.493 e. The van der Waals surface area contributed by atoms with Gasteiger partial charge in [0.15, 0.2) is 11.5 Å². The zero-order chi connectivity index (χ0) is 22.7. The number of nitrogens with two attached hydrogens (primary N) is 1. The van der Waals surface area contributed by atoms with Gasteiger partial charge in [-0.1, -0.05) is 6.58 Å². The fourth-order valence-corrected chi connectivity index (χ4v) is 2.67. The quantitative estimate of drug-likeness (QED) is 0.203. The van der Waals surface area contributed by atoms with Gasteiger partial charge in [0, 0.05) is 26.3 Å². The summed E-state index contributed by atoms with van der Waals surface area (Å²) in [6, 6.07) is 2.77. The highest BCUT2D eigenvalue weighted by molar-refractivity contribution is 5.73. The molecule has 30 heavy (non-hydrogen) atoms. The Hall–Kier alpha value is -3.30. The third-order valence-corrected chi connectivity index (χ3v) is 4.12. The maximum Gasteiger partial charge on any atom is 0.280 e. The summed E-state index contributed by atoms with van der Waals surface area (Å²) in [6.45, 7) is 7.60. The maximum absolute atomic E-state index is 11.6. The number of carbonyl (C=O) groups is 2. The second-order valence-electron chi connectivity index (χ2n) is 6.62. The van der Waals surface area contributed by atoms with E-state index in [1.54, 1.807) is 6.92 Å². The molecule has 0 aliphatic rings. The van der Waals surface area contributed by atoms with Gasteiger partial charge in [0.25, 0.3) is 5.69 Å². The molecule has 0 saturated carbocycles. The summed E-state index contributed by atoms with van der Waals surface area (Å²) in [6.07, 6.45) is 1.01. The normalized spacial score (nSPS) is 11.3. The van der Waals surface area contributed by atoms with Crippen molar-refractivity contribution in [2.24, 2.45) is 5.73 Å². The van der Waals surface area contributed by atoms with Crippen LogP contribution in [0.1, 0.15) is 51.2 Å². The molecule has 0 fully saturated rings. The number of amides is 2. The Morgan fingerprint density at radius 3 is 2.53 bits per heavy atom. The Bertz CT molecular complexity index is 780. The van der Waals surface area contributed by atoms with Crippen LogP contribution >= 0.6 is 0 Å². The standard InChI is InChI=1S/C20H29N3O7/c1-13(7-5-9-22-15(3)24)30-14(2)16-11-18(28-4)19(12-17(16)23(26)27)29-10-6-8-20(21)25/h11-12,14H,1,5-10H2,2-4H3,(H2,21,25)(H,22,24). The smallest absolute Gasteiger partial charge is 0.280 e. The number of nitro benzene ring substituents is 1. The Kier molecular flexibility index (Phi) is 10.1. The van der Waals surface area contributed by atoms with Gasteiger partial charge in [-0.05, 0) is 25.8 Å². The molecule has 1 aromatic rings. The predicted octanol–water partition coefficient (Wildman–Crippen LogP) is 2.76. The predicted molar refractivity (Wildman–Crippen MR) is 110 cm³/mol. The van der Waals surface area contributed by atoms with Gasteiger partial charge >= 0.3 is 0 Å². The second-order valence-corrected chi connectivity index (χ2v) is 6.62. The van der Waals surface area contributed by atoms with Gasteiger partial charge in [0.05, 0.1) is 36.0 Å². The largest absolute Gasteiger partial charge is 0.493 e. The molecule has 0 aliphatic heterocycles. The van der Waals surface area contributed by atoms with Crippen LogP contribution in [0.4, 0.5) is 5.69 Å². The van der Waals surface area contributed by atoms with Crippen LogP contribution in [0, 0.1) is 10.1 Å². The van der Waals surface area contributed by atoms with Crippen LogP contribution in [0.15, 0.2) is 24.5 Å². The number of nitro groups is 1. The van der Waals surface area contributed by atoms with Crippen molar-refractivity contribution in [1.29, 1.82) is 0 Å². The lowest BCUT2D eigenvalue weighted by molar-refractivity contribution is -0.386. The number of primary amides is 1. The topological polar surface area (TPSA) is 143 Å². The summed E-state index contributed by atoms with van der Waals surface area (Å²) >= 11 is 0. The molecule has 2 amide bonds. The Balaban J connectivity index is 2.88. The van der Waals surface area contributed by atoms with Crippen molar-refractivity contribution in [3.63, 3.8) is 0 Å². The highest BCUT2D eigenvalue weighted by Gasteiger charge is 2.25. The van der Waals surface area contributed by atoms with Crippen LogP contribution in [0.25, 0.3) is 0 Å². The number of nitrogens with one attached hydrogen (secondary N) is 1. The molecular formula is C20H29N3O7. The average molecular weight is 423 g/mol. The molecule has 10 heteroatoms. The zero-order valence-corrected chi connectivity index (χ0v) is 17.6. The van der Waals surface area contributed by atoms with Gasteiger partial charge in [0.2, 0.25) is 11.8 Å². The molecule has 1 unspecified atom stereocenters. The first-order valence-electron chi connectivity index (χ1n) is 9.52. The molecule has 0 bridgehead atoms. The van der Waals surface area contributed by atoms with Gasteiger partial charge in [0.1, 0.15) is 6.10 Å². The van der Waals surface area contributed by atoms with Crippen molar-refractivity contribution < 1.29 is 28.7 Å². The lowest BCUT2D eigenvalue weighted by Gasteiger charge is -2.19. The van der Waals surface area contributed by atoms with Gasteiger partial charge in [-0.2, -0.15) is 0 Å². The highest BCUT2D eigenvalue weighted by atomic mass is 16.6. The number of allylic oxidation sites excluding steroid dienone is 1. The number of methoxy groups -OCH3 is 1. The summed E-state index contributed by atoms with van der Waals surface area (Å²) in [5.74, 6) is 0.387. The molecular weight excluding hydrogens is 394 g/mol. The molecule has 166 valence electrons. The second kappa shape index (κ2) is 12.3. The number of ether oxygens (including phenoxy) is 3. The SMILES string of the molecule is C=C(CCCNC(C)=O)OC(C)c1cc(OC)c(OCCCC(N)=O)cc1[N+](=O)[O-]. The van der Waals surface area contributed by atoms with Gasteiger partial charge < -0.3 is 25.3 Å². The molecule has 0 spiro atoms. The Labute approximate surface area is 175 Å². The molecule has 1 aromatic carbocycles. The fraction of sp³-hybridized carbons (Fsp3) is 0.500. The molecule has 10 nitrogen and oxygen atoms in total. The van der Waals surface area contributed by atoms with Gasteiger partial charge in [-0.25, -0.2) is 0 Å². The van der Waals surface area contributed by atoms with E-state index in [0.29, 0.717) is 42.9 Å². The molecule has 3 N–H and O–H groups in total. The van der Waals surface area contributed by atoms with Crippen LogP contribution < -0.4 is 20.5 Å². The molecule has 0 heterocycles. The van der Waals surface area contributed by atoms with Crippen molar-refractivity contribution in [2.75, 3.05) is 20.3 Å². The Morgan fingerprint density at radius 1 is 1.27 bits per heavy atom. The van der Waals surface area contributed by atoms with E-state index in [4.69, 9.17) is 19.9 Å². The molecule has 0 radical (unpaired) electrons. The lowest BCUT2D eigenvalue weighted by atomic mass is 10.1. The minimum absolute atomic E-state index is 0.116. The van der Waals surface area contributed by atoms with Crippen LogP contribution in [0.3, 0.4) is 0 Å². The van der Waals surface area contributed by atoms with Crippen LogP contribution in [0.5, 0.6) is 11.5 Å². The number of rotatable bonds is 14. The summed E-state index contributed by atoms with van der Waals surface area (Å²) in [5, 5.41) is 14.3. The average Bonchev–Trinajstić information content (AvgIpc) is 2.67. The first-order chi connectivity index (χ1) is 14.1. The molecule has 0 saturated heterocycles. The maximum atomic E-state index is 11.6. The van der Waals surface area contributed by atoms with Crippen molar-refractivity contribution in [3.8, 4) is 11.5 Å². The number of hydrogen-bond donors (Lipinski definition) is 2. The van der Waals surface area contributed by atoms with E-state index in [2.05, 4.69) is 11.9 Å². The number of benzene rings is 1. The van der Waals surface area contributed by atoms with E-state index in [1.807, 2.05) is 0 Å². The van der Waals surface area contributed by atoms with E-state index in [9.17, 15) is 19.7 Å². The minimum atomic E-state index is -0.656. The molecule has 0 aromatic heterocycles.